The summed E-state index contributed by atoms with van der Waals surface area (Å²) in [7, 11) is 3.48. The lowest BCUT2D eigenvalue weighted by atomic mass is 10.1. The number of anilines is 1. The van der Waals surface area contributed by atoms with E-state index in [1.165, 1.54) is 0 Å². The number of para-hydroxylation sites is 1. The number of aryl methyl sites for hydroxylation is 1. The van der Waals surface area contributed by atoms with Crippen molar-refractivity contribution in [3.05, 3.63) is 47.4 Å². The molecule has 0 aliphatic rings. The van der Waals surface area contributed by atoms with E-state index in [-0.39, 0.29) is 5.91 Å². The van der Waals surface area contributed by atoms with Crippen LogP contribution in [0.4, 0.5) is 5.82 Å². The van der Waals surface area contributed by atoms with Crippen LogP contribution >= 0.6 is 0 Å². The van der Waals surface area contributed by atoms with E-state index >= 15 is 0 Å². The van der Waals surface area contributed by atoms with E-state index in [1.54, 1.807) is 25.0 Å². The van der Waals surface area contributed by atoms with Crippen LogP contribution in [-0.4, -0.2) is 48.0 Å². The quantitative estimate of drug-likeness (QED) is 0.746. The first-order valence-corrected chi connectivity index (χ1v) is 9.02. The summed E-state index contributed by atoms with van der Waals surface area (Å²) < 4.78 is 5.37. The minimum atomic E-state index is -0.0725. The Labute approximate surface area is 155 Å². The number of carbonyl (C=O) groups excluding carboxylic acids is 1. The molecule has 1 aromatic heterocycles. The third kappa shape index (κ3) is 5.44. The van der Waals surface area contributed by atoms with Gasteiger partial charge < -0.3 is 15.0 Å². The van der Waals surface area contributed by atoms with Gasteiger partial charge in [0.15, 0.2) is 0 Å². The van der Waals surface area contributed by atoms with Crippen molar-refractivity contribution < 1.29 is 9.53 Å². The first-order valence-electron chi connectivity index (χ1n) is 9.02. The highest BCUT2D eigenvalue weighted by atomic mass is 16.5. The van der Waals surface area contributed by atoms with Crippen molar-refractivity contribution in [1.29, 1.82) is 0 Å². The number of amides is 1. The van der Waals surface area contributed by atoms with E-state index < -0.39 is 0 Å². The van der Waals surface area contributed by atoms with Crippen LogP contribution in [0.5, 0.6) is 5.75 Å². The fraction of sp³-hybridized carbons (Fsp3) is 0.450. The predicted octanol–water partition coefficient (Wildman–Crippen LogP) is 3.32. The zero-order valence-corrected chi connectivity index (χ0v) is 16.1. The van der Waals surface area contributed by atoms with E-state index in [0.29, 0.717) is 23.9 Å². The molecule has 6 heteroatoms. The summed E-state index contributed by atoms with van der Waals surface area (Å²) in [6, 6.07) is 9.67. The molecule has 0 unspecified atom stereocenters. The smallest absolute Gasteiger partial charge is 0.272 e. The number of hydrogen-bond donors (Lipinski definition) is 1. The molecule has 1 amide bonds. The Bertz CT molecular complexity index is 734. The summed E-state index contributed by atoms with van der Waals surface area (Å²) >= 11 is 0. The molecule has 2 aromatic rings. The molecular weight excluding hydrogens is 328 g/mol. The molecule has 140 valence electrons. The number of ether oxygens (including phenoxy) is 1. The molecule has 0 radical (unpaired) electrons. The van der Waals surface area contributed by atoms with Gasteiger partial charge in [-0.25, -0.2) is 9.97 Å². The Hall–Kier alpha value is -2.63. The van der Waals surface area contributed by atoms with Gasteiger partial charge in [0.25, 0.3) is 5.91 Å². The van der Waals surface area contributed by atoms with Crippen LogP contribution in [-0.2, 0) is 6.42 Å². The summed E-state index contributed by atoms with van der Waals surface area (Å²) in [5.74, 6) is 2.05. The summed E-state index contributed by atoms with van der Waals surface area (Å²) in [5.41, 5.74) is 1.56. The Morgan fingerprint density at radius 3 is 2.77 bits per heavy atom. The summed E-state index contributed by atoms with van der Waals surface area (Å²) in [4.78, 5) is 22.9. The number of carbonyl (C=O) groups is 1. The number of unbranched alkanes of at least 4 members (excludes halogenated alkanes) is 1. The lowest BCUT2D eigenvalue weighted by molar-refractivity contribution is 0.0787. The zero-order chi connectivity index (χ0) is 18.9. The monoisotopic (exact) mass is 356 g/mol. The highest BCUT2D eigenvalue weighted by Crippen LogP contribution is 2.18. The number of rotatable bonds is 9. The molecule has 0 atom stereocenters. The number of hydrogen-bond acceptors (Lipinski definition) is 5. The van der Waals surface area contributed by atoms with Crippen molar-refractivity contribution in [2.45, 2.75) is 33.1 Å². The Morgan fingerprint density at radius 2 is 2.04 bits per heavy atom. The van der Waals surface area contributed by atoms with Crippen LogP contribution in [0.3, 0.4) is 0 Å². The number of methoxy groups -OCH3 is 1. The molecule has 1 N–H and O–H groups in total. The van der Waals surface area contributed by atoms with Gasteiger partial charge in [-0.2, -0.15) is 0 Å². The molecule has 1 heterocycles. The van der Waals surface area contributed by atoms with Crippen molar-refractivity contribution in [2.75, 3.05) is 32.6 Å². The van der Waals surface area contributed by atoms with Crippen molar-refractivity contribution in [2.24, 2.45) is 0 Å². The van der Waals surface area contributed by atoms with Gasteiger partial charge in [0.05, 0.1) is 7.11 Å². The average molecular weight is 356 g/mol. The molecule has 0 saturated heterocycles. The maximum atomic E-state index is 12.5. The lowest BCUT2D eigenvalue weighted by Gasteiger charge is -2.17. The van der Waals surface area contributed by atoms with Gasteiger partial charge >= 0.3 is 0 Å². The van der Waals surface area contributed by atoms with Crippen LogP contribution in [0.15, 0.2) is 30.3 Å². The molecule has 1 aromatic carbocycles. The summed E-state index contributed by atoms with van der Waals surface area (Å²) in [6.07, 6.45) is 2.83. The van der Waals surface area contributed by atoms with Gasteiger partial charge in [0.2, 0.25) is 0 Å². The Morgan fingerprint density at radius 1 is 1.27 bits per heavy atom. The van der Waals surface area contributed by atoms with Gasteiger partial charge in [-0.1, -0.05) is 31.5 Å². The van der Waals surface area contributed by atoms with Crippen LogP contribution in [0.1, 0.15) is 41.6 Å². The van der Waals surface area contributed by atoms with Crippen molar-refractivity contribution in [3.8, 4) is 5.75 Å². The van der Waals surface area contributed by atoms with Crippen molar-refractivity contribution in [3.63, 3.8) is 0 Å². The minimum Gasteiger partial charge on any atom is -0.496 e. The largest absolute Gasteiger partial charge is 0.496 e. The molecule has 0 aliphatic carbocycles. The third-order valence-electron chi connectivity index (χ3n) is 4.14. The fourth-order valence-corrected chi connectivity index (χ4v) is 2.69. The zero-order valence-electron chi connectivity index (χ0n) is 16.1. The van der Waals surface area contributed by atoms with Crippen LogP contribution in [0.25, 0.3) is 0 Å². The molecule has 0 saturated carbocycles. The van der Waals surface area contributed by atoms with Crippen molar-refractivity contribution >= 4 is 11.7 Å². The number of nitrogens with zero attached hydrogens (tertiary/aromatic N) is 3. The molecule has 6 nitrogen and oxygen atoms in total. The van der Waals surface area contributed by atoms with Gasteiger partial charge in [-0.15, -0.1) is 0 Å². The minimum absolute atomic E-state index is 0.0725. The predicted molar refractivity (Wildman–Crippen MR) is 104 cm³/mol. The van der Waals surface area contributed by atoms with Crippen molar-refractivity contribution in [1.82, 2.24) is 14.9 Å². The molecule has 0 spiro atoms. The standard InChI is InChI=1S/C20H28N4O2/c1-5-6-13-24(3)20(25)17-14-19(23-15(2)22-17)21-12-11-16-9-7-8-10-18(16)26-4/h7-10,14H,5-6,11-13H2,1-4H3,(H,21,22,23). The van der Waals surface area contributed by atoms with E-state index in [0.717, 1.165) is 37.1 Å². The van der Waals surface area contributed by atoms with E-state index in [1.807, 2.05) is 31.3 Å². The fourth-order valence-electron chi connectivity index (χ4n) is 2.69. The third-order valence-corrected chi connectivity index (χ3v) is 4.14. The highest BCUT2D eigenvalue weighted by Gasteiger charge is 2.15. The summed E-state index contributed by atoms with van der Waals surface area (Å²) in [6.45, 7) is 5.33. The maximum absolute atomic E-state index is 12.5. The van der Waals surface area contributed by atoms with Gasteiger partial charge in [-0.3, -0.25) is 4.79 Å². The molecule has 26 heavy (non-hydrogen) atoms. The SMILES string of the molecule is CCCCN(C)C(=O)c1cc(NCCc2ccccc2OC)nc(C)n1. The normalized spacial score (nSPS) is 10.5. The summed E-state index contributed by atoms with van der Waals surface area (Å²) in [5, 5.41) is 3.29. The van der Waals surface area contributed by atoms with Gasteiger partial charge in [-0.05, 0) is 31.4 Å². The average Bonchev–Trinajstić information content (AvgIpc) is 2.65. The molecule has 0 fully saturated rings. The van der Waals surface area contributed by atoms with Crippen LogP contribution in [0, 0.1) is 6.92 Å². The number of aromatic nitrogens is 2. The molecule has 2 rings (SSSR count). The van der Waals surface area contributed by atoms with Gasteiger partial charge in [0.1, 0.15) is 23.1 Å². The molecule has 0 bridgehead atoms. The number of benzene rings is 1. The topological polar surface area (TPSA) is 67.4 Å². The van der Waals surface area contributed by atoms with E-state index in [4.69, 9.17) is 4.74 Å². The second-order valence-corrected chi connectivity index (χ2v) is 6.25. The second-order valence-electron chi connectivity index (χ2n) is 6.25. The maximum Gasteiger partial charge on any atom is 0.272 e. The Kier molecular flexibility index (Phi) is 7.38. The molecule has 0 aliphatic heterocycles. The Balaban J connectivity index is 2.01. The number of nitrogens with one attached hydrogen (secondary N) is 1. The second kappa shape index (κ2) is 9.75. The van der Waals surface area contributed by atoms with E-state index in [9.17, 15) is 4.79 Å². The molecular formula is C20H28N4O2. The van der Waals surface area contributed by atoms with E-state index in [2.05, 4.69) is 22.2 Å². The first-order chi connectivity index (χ1) is 12.5. The van der Waals surface area contributed by atoms with Crippen LogP contribution < -0.4 is 10.1 Å². The highest BCUT2D eigenvalue weighted by molar-refractivity contribution is 5.92. The first kappa shape index (κ1) is 19.7. The van der Waals surface area contributed by atoms with Crippen LogP contribution in [0.2, 0.25) is 0 Å². The van der Waals surface area contributed by atoms with Gasteiger partial charge in [0, 0.05) is 26.2 Å². The lowest BCUT2D eigenvalue weighted by Crippen LogP contribution is -2.29.